The van der Waals surface area contributed by atoms with Crippen LogP contribution in [0.3, 0.4) is 0 Å². The fourth-order valence-electron chi connectivity index (χ4n) is 2.64. The Morgan fingerprint density at radius 1 is 1.26 bits per heavy atom. The molecule has 0 saturated carbocycles. The van der Waals surface area contributed by atoms with Crippen molar-refractivity contribution in [2.24, 2.45) is 10.7 Å². The topological polar surface area (TPSA) is 84.0 Å². The number of carbonyl (C=O) groups excluding carboxylic acids is 1. The Bertz CT molecular complexity index is 622. The number of aryl methyl sites for hydroxylation is 2. The van der Waals surface area contributed by atoms with E-state index >= 15 is 0 Å². The summed E-state index contributed by atoms with van der Waals surface area (Å²) in [7, 11) is 0. The van der Waals surface area contributed by atoms with Gasteiger partial charge in [0.05, 0.1) is 5.01 Å². The van der Waals surface area contributed by atoms with Crippen molar-refractivity contribution < 1.29 is 9.53 Å². The number of thiazole rings is 1. The SMILES string of the molecule is Cc1csc(CCCCN=C(N)N2CCN(C(=O)OC(C)(C)C)CC2)n1.I. The second kappa shape index (κ2) is 11.0. The standard InChI is InChI=1S/C18H31N5O2S.HI/c1-14-13-26-15(21-14)7-5-6-8-20-16(19)22-9-11-23(12-10-22)17(24)25-18(2,3)4;/h13H,5-12H2,1-4H3,(H2,19,20);1H. The van der Waals surface area contributed by atoms with Crippen LogP contribution in [0.1, 0.15) is 44.3 Å². The molecule has 0 aliphatic carbocycles. The quantitative estimate of drug-likeness (QED) is 0.285. The first kappa shape index (κ1) is 23.9. The number of piperazine rings is 1. The molecule has 0 aromatic carbocycles. The Hall–Kier alpha value is -1.10. The number of halogens is 1. The van der Waals surface area contributed by atoms with Crippen molar-refractivity contribution in [3.8, 4) is 0 Å². The number of aliphatic imine (C=N–C) groups is 1. The van der Waals surface area contributed by atoms with E-state index in [1.54, 1.807) is 16.2 Å². The third kappa shape index (κ3) is 8.63. The highest BCUT2D eigenvalue weighted by Gasteiger charge is 2.26. The molecule has 7 nitrogen and oxygen atoms in total. The van der Waals surface area contributed by atoms with E-state index in [2.05, 4.69) is 15.4 Å². The van der Waals surface area contributed by atoms with Crippen molar-refractivity contribution in [3.05, 3.63) is 16.1 Å². The Morgan fingerprint density at radius 2 is 1.89 bits per heavy atom. The van der Waals surface area contributed by atoms with Crippen LogP contribution in [-0.4, -0.2) is 65.2 Å². The smallest absolute Gasteiger partial charge is 0.410 e. The molecule has 154 valence electrons. The van der Waals surface area contributed by atoms with Gasteiger partial charge >= 0.3 is 6.09 Å². The fraction of sp³-hybridized carbons (Fsp3) is 0.722. The lowest BCUT2D eigenvalue weighted by atomic mass is 10.2. The first-order valence-corrected chi connectivity index (χ1v) is 10.1. The number of rotatable bonds is 5. The number of hydrogen-bond acceptors (Lipinski definition) is 5. The van der Waals surface area contributed by atoms with Gasteiger partial charge in [0, 0.05) is 43.8 Å². The number of amides is 1. The van der Waals surface area contributed by atoms with E-state index in [1.807, 2.05) is 32.6 Å². The summed E-state index contributed by atoms with van der Waals surface area (Å²) >= 11 is 1.72. The van der Waals surface area contributed by atoms with Crippen LogP contribution in [0.2, 0.25) is 0 Å². The molecule has 0 radical (unpaired) electrons. The molecule has 1 aliphatic rings. The number of guanidine groups is 1. The summed E-state index contributed by atoms with van der Waals surface area (Å²) in [5, 5.41) is 3.28. The van der Waals surface area contributed by atoms with E-state index in [0.29, 0.717) is 32.1 Å². The van der Waals surface area contributed by atoms with Crippen LogP contribution in [0.5, 0.6) is 0 Å². The predicted molar refractivity (Wildman–Crippen MR) is 121 cm³/mol. The predicted octanol–water partition coefficient (Wildman–Crippen LogP) is 3.26. The van der Waals surface area contributed by atoms with Crippen LogP contribution in [0.4, 0.5) is 4.79 Å². The molecule has 2 heterocycles. The Labute approximate surface area is 183 Å². The Morgan fingerprint density at radius 3 is 2.44 bits per heavy atom. The largest absolute Gasteiger partial charge is 0.444 e. The highest BCUT2D eigenvalue weighted by atomic mass is 127. The van der Waals surface area contributed by atoms with E-state index in [9.17, 15) is 4.79 Å². The summed E-state index contributed by atoms with van der Waals surface area (Å²) < 4.78 is 5.41. The fourth-order valence-corrected chi connectivity index (χ4v) is 3.46. The molecule has 9 heteroatoms. The van der Waals surface area contributed by atoms with Crippen molar-refractivity contribution >= 4 is 47.4 Å². The Balaban J connectivity index is 0.00000364. The second-order valence-electron chi connectivity index (χ2n) is 7.53. The van der Waals surface area contributed by atoms with Crippen molar-refractivity contribution in [1.82, 2.24) is 14.8 Å². The molecule has 1 fully saturated rings. The zero-order chi connectivity index (χ0) is 19.2. The van der Waals surface area contributed by atoms with Crippen LogP contribution in [0, 0.1) is 6.92 Å². The number of ether oxygens (including phenoxy) is 1. The zero-order valence-corrected chi connectivity index (χ0v) is 19.9. The average Bonchev–Trinajstić information content (AvgIpc) is 2.98. The first-order valence-electron chi connectivity index (χ1n) is 9.18. The molecule has 1 aliphatic heterocycles. The molecule has 1 amide bonds. The molecule has 1 saturated heterocycles. The molecular weight excluding hydrogens is 477 g/mol. The minimum atomic E-state index is -0.466. The van der Waals surface area contributed by atoms with E-state index in [0.717, 1.165) is 31.5 Å². The lowest BCUT2D eigenvalue weighted by Crippen LogP contribution is -2.53. The highest BCUT2D eigenvalue weighted by molar-refractivity contribution is 14.0. The number of hydrogen-bond donors (Lipinski definition) is 1. The minimum absolute atomic E-state index is 0. The van der Waals surface area contributed by atoms with Gasteiger partial charge < -0.3 is 20.3 Å². The minimum Gasteiger partial charge on any atom is -0.444 e. The zero-order valence-electron chi connectivity index (χ0n) is 16.7. The van der Waals surface area contributed by atoms with Crippen LogP contribution in [-0.2, 0) is 11.2 Å². The number of unbranched alkanes of at least 4 members (excludes halogenated alkanes) is 1. The number of carbonyl (C=O) groups is 1. The molecule has 0 bridgehead atoms. The second-order valence-corrected chi connectivity index (χ2v) is 8.48. The molecule has 0 spiro atoms. The van der Waals surface area contributed by atoms with Gasteiger partial charge in [0.2, 0.25) is 0 Å². The van der Waals surface area contributed by atoms with Crippen LogP contribution in [0.15, 0.2) is 10.4 Å². The van der Waals surface area contributed by atoms with Gasteiger partial charge in [0.25, 0.3) is 0 Å². The maximum absolute atomic E-state index is 12.1. The summed E-state index contributed by atoms with van der Waals surface area (Å²) in [6.07, 6.45) is 2.81. The summed E-state index contributed by atoms with van der Waals surface area (Å²) in [4.78, 5) is 24.8. The third-order valence-corrected chi connectivity index (χ3v) is 5.02. The van der Waals surface area contributed by atoms with Crippen LogP contribution < -0.4 is 5.73 Å². The van der Waals surface area contributed by atoms with Gasteiger partial charge in [-0.15, -0.1) is 35.3 Å². The molecule has 0 unspecified atom stereocenters. The first-order chi connectivity index (χ1) is 12.2. The normalized spacial score (nSPS) is 15.5. The number of aromatic nitrogens is 1. The highest BCUT2D eigenvalue weighted by Crippen LogP contribution is 2.13. The number of nitrogens with two attached hydrogens (primary N) is 1. The maximum Gasteiger partial charge on any atom is 0.410 e. The van der Waals surface area contributed by atoms with Gasteiger partial charge in [-0.3, -0.25) is 4.99 Å². The van der Waals surface area contributed by atoms with E-state index in [4.69, 9.17) is 10.5 Å². The molecular formula is C18H32IN5O2S. The summed E-state index contributed by atoms with van der Waals surface area (Å²) in [6.45, 7) is 11.0. The van der Waals surface area contributed by atoms with Crippen molar-refractivity contribution in [1.29, 1.82) is 0 Å². The lowest BCUT2D eigenvalue weighted by Gasteiger charge is -2.36. The van der Waals surface area contributed by atoms with Gasteiger partial charge in [-0.1, -0.05) is 0 Å². The van der Waals surface area contributed by atoms with Gasteiger partial charge in [0.15, 0.2) is 5.96 Å². The monoisotopic (exact) mass is 509 g/mol. The van der Waals surface area contributed by atoms with Gasteiger partial charge in [-0.05, 0) is 47.0 Å². The summed E-state index contributed by atoms with van der Waals surface area (Å²) in [6, 6.07) is 0. The van der Waals surface area contributed by atoms with E-state index in [1.165, 1.54) is 5.01 Å². The average molecular weight is 509 g/mol. The van der Waals surface area contributed by atoms with Crippen LogP contribution in [0.25, 0.3) is 0 Å². The molecule has 2 rings (SSSR count). The van der Waals surface area contributed by atoms with Gasteiger partial charge in [0.1, 0.15) is 5.60 Å². The summed E-state index contributed by atoms with van der Waals surface area (Å²) in [5.74, 6) is 0.568. The molecule has 1 aromatic rings. The van der Waals surface area contributed by atoms with E-state index in [-0.39, 0.29) is 30.1 Å². The summed E-state index contributed by atoms with van der Waals surface area (Å²) in [5.41, 5.74) is 6.73. The van der Waals surface area contributed by atoms with Gasteiger partial charge in [-0.25, -0.2) is 9.78 Å². The van der Waals surface area contributed by atoms with E-state index < -0.39 is 5.60 Å². The van der Waals surface area contributed by atoms with Crippen molar-refractivity contribution in [3.63, 3.8) is 0 Å². The maximum atomic E-state index is 12.1. The molecule has 0 atom stereocenters. The number of nitrogens with zero attached hydrogens (tertiary/aromatic N) is 4. The molecule has 1 aromatic heterocycles. The third-order valence-electron chi connectivity index (χ3n) is 3.99. The Kier molecular flexibility index (Phi) is 9.78. The lowest BCUT2D eigenvalue weighted by molar-refractivity contribution is 0.0186. The van der Waals surface area contributed by atoms with Crippen LogP contribution >= 0.6 is 35.3 Å². The van der Waals surface area contributed by atoms with Crippen molar-refractivity contribution in [2.45, 2.75) is 52.6 Å². The van der Waals surface area contributed by atoms with Crippen molar-refractivity contribution in [2.75, 3.05) is 32.7 Å². The molecule has 27 heavy (non-hydrogen) atoms. The molecule has 2 N–H and O–H groups in total. The van der Waals surface area contributed by atoms with Gasteiger partial charge in [-0.2, -0.15) is 0 Å².